The van der Waals surface area contributed by atoms with Crippen LogP contribution in [0.3, 0.4) is 0 Å². The van der Waals surface area contributed by atoms with Crippen molar-refractivity contribution in [2.24, 2.45) is 4.99 Å². The van der Waals surface area contributed by atoms with Gasteiger partial charge in [0.2, 0.25) is 0 Å². The van der Waals surface area contributed by atoms with Gasteiger partial charge in [0.25, 0.3) is 5.56 Å². The molecule has 0 unspecified atom stereocenters. The topological polar surface area (TPSA) is 43.6 Å². The Kier molecular flexibility index (Phi) is 5.95. The van der Waals surface area contributed by atoms with Crippen molar-refractivity contribution in [1.82, 2.24) is 4.57 Å². The van der Waals surface area contributed by atoms with Gasteiger partial charge in [0.05, 0.1) is 16.3 Å². The monoisotopic (exact) mass is 542 g/mol. The number of halogens is 1. The number of hydrogen-bond donors (Lipinski definition) is 0. The highest BCUT2D eigenvalue weighted by Crippen LogP contribution is 2.41. The molecule has 4 aromatic carbocycles. The Hall–Kier alpha value is -4.73. The van der Waals surface area contributed by atoms with Gasteiger partial charge in [-0.3, -0.25) is 9.36 Å². The van der Waals surface area contributed by atoms with Crippen molar-refractivity contribution in [2.75, 3.05) is 6.61 Å². The Labute approximate surface area is 234 Å². The molecule has 1 aliphatic carbocycles. The number of aryl methyl sites for hydroxylation is 1. The lowest BCUT2D eigenvalue weighted by atomic mass is 9.83. The van der Waals surface area contributed by atoms with Gasteiger partial charge >= 0.3 is 0 Å². The highest BCUT2D eigenvalue weighted by molar-refractivity contribution is 7.07. The number of aromatic nitrogens is 1. The third-order valence-corrected chi connectivity index (χ3v) is 8.56. The van der Waals surface area contributed by atoms with Crippen LogP contribution in [0.1, 0.15) is 34.7 Å². The minimum Gasteiger partial charge on any atom is -0.480 e. The summed E-state index contributed by atoms with van der Waals surface area (Å²) in [5, 5.41) is 2.00. The number of rotatable bonds is 4. The van der Waals surface area contributed by atoms with Gasteiger partial charge in [-0.05, 0) is 64.6 Å². The van der Waals surface area contributed by atoms with Crippen LogP contribution in [0.25, 0.3) is 22.5 Å². The number of hydrogen-bond acceptors (Lipinski definition) is 4. The van der Waals surface area contributed by atoms with Crippen molar-refractivity contribution in [2.45, 2.75) is 18.9 Å². The normalized spacial score (nSPS) is 16.1. The SMILES string of the molecule is C#CCOc1ccc2ccccc2c1/C=c1\sc2n(c1=O)[C@@H](c1ccc(F)cc1)C1=C(N=2)c2ccccc2CC1. The zero-order valence-corrected chi connectivity index (χ0v) is 22.2. The molecule has 40 heavy (non-hydrogen) atoms. The molecule has 2 heterocycles. The van der Waals surface area contributed by atoms with Crippen molar-refractivity contribution in [3.8, 4) is 18.1 Å². The van der Waals surface area contributed by atoms with Crippen LogP contribution in [-0.4, -0.2) is 11.2 Å². The van der Waals surface area contributed by atoms with Crippen LogP contribution in [0.4, 0.5) is 4.39 Å². The third kappa shape index (κ3) is 3.98. The van der Waals surface area contributed by atoms with E-state index < -0.39 is 0 Å². The molecule has 0 spiro atoms. The fourth-order valence-corrected chi connectivity index (χ4v) is 6.75. The van der Waals surface area contributed by atoms with Gasteiger partial charge in [0.1, 0.15) is 18.2 Å². The summed E-state index contributed by atoms with van der Waals surface area (Å²) in [4.78, 5) is 19.8. The summed E-state index contributed by atoms with van der Waals surface area (Å²) >= 11 is 1.35. The number of thiazole rings is 1. The summed E-state index contributed by atoms with van der Waals surface area (Å²) in [7, 11) is 0. The van der Waals surface area contributed by atoms with Crippen LogP contribution in [0, 0.1) is 18.2 Å². The number of terminal acetylenes is 1. The molecule has 5 aromatic rings. The molecule has 1 aromatic heterocycles. The van der Waals surface area contributed by atoms with E-state index >= 15 is 0 Å². The van der Waals surface area contributed by atoms with Gasteiger partial charge in [0.15, 0.2) is 4.80 Å². The summed E-state index contributed by atoms with van der Waals surface area (Å²) in [6, 6.07) is 26.2. The smallest absolute Gasteiger partial charge is 0.271 e. The van der Waals surface area contributed by atoms with Gasteiger partial charge in [0, 0.05) is 11.1 Å². The van der Waals surface area contributed by atoms with Gasteiger partial charge < -0.3 is 4.74 Å². The Morgan fingerprint density at radius 2 is 1.82 bits per heavy atom. The minimum absolute atomic E-state index is 0.122. The average Bonchev–Trinajstić information content (AvgIpc) is 3.30. The first kappa shape index (κ1) is 24.3. The third-order valence-electron chi connectivity index (χ3n) is 7.58. The second kappa shape index (κ2) is 9.78. The zero-order valence-electron chi connectivity index (χ0n) is 21.4. The lowest BCUT2D eigenvalue weighted by Crippen LogP contribution is -2.38. The van der Waals surface area contributed by atoms with Crippen LogP contribution in [0.2, 0.25) is 0 Å². The van der Waals surface area contributed by atoms with Crippen LogP contribution in [0.5, 0.6) is 5.75 Å². The standard InChI is InChI=1S/C34H23FN2O2S/c1-2-19-39-29-18-14-21-7-3-5-9-25(21)28(29)20-30-33(38)37-32(23-11-15-24(35)16-12-23)27-17-13-22-8-4-6-10-26(22)31(27)36-34(37)40-30/h1,3-12,14-16,18,20,32H,13,17,19H2/b30-20-/t32-/m0/s1. The molecule has 0 fully saturated rings. The van der Waals surface area contributed by atoms with Gasteiger partial charge in [-0.1, -0.05) is 84.0 Å². The van der Waals surface area contributed by atoms with E-state index in [9.17, 15) is 9.18 Å². The van der Waals surface area contributed by atoms with E-state index in [0.29, 0.717) is 15.1 Å². The minimum atomic E-state index is -0.368. The maximum Gasteiger partial charge on any atom is 0.271 e. The van der Waals surface area contributed by atoms with E-state index in [4.69, 9.17) is 16.2 Å². The fourth-order valence-electron chi connectivity index (χ4n) is 5.77. The molecule has 6 heteroatoms. The first-order valence-corrected chi connectivity index (χ1v) is 13.9. The molecule has 1 aliphatic heterocycles. The highest BCUT2D eigenvalue weighted by atomic mass is 32.1. The summed E-state index contributed by atoms with van der Waals surface area (Å²) in [5.74, 6) is 2.83. The van der Waals surface area contributed by atoms with Crippen LogP contribution in [-0.2, 0) is 6.42 Å². The van der Waals surface area contributed by atoms with Crippen LogP contribution >= 0.6 is 11.3 Å². The van der Waals surface area contributed by atoms with Crippen molar-refractivity contribution in [3.05, 3.63) is 138 Å². The molecule has 0 saturated heterocycles. The molecule has 0 saturated carbocycles. The summed E-state index contributed by atoms with van der Waals surface area (Å²) < 4.78 is 22.1. The molecule has 2 aliphatic rings. The molecule has 0 amide bonds. The summed E-state index contributed by atoms with van der Waals surface area (Å²) in [5.41, 5.74) is 5.84. The van der Waals surface area contributed by atoms with Crippen molar-refractivity contribution < 1.29 is 9.13 Å². The second-order valence-electron chi connectivity index (χ2n) is 9.86. The molecule has 0 radical (unpaired) electrons. The lowest BCUT2D eigenvalue weighted by molar-refractivity contribution is 0.370. The number of allylic oxidation sites excluding steroid dienone is 1. The van der Waals surface area contributed by atoms with Crippen molar-refractivity contribution in [1.29, 1.82) is 0 Å². The predicted molar refractivity (Wildman–Crippen MR) is 157 cm³/mol. The molecule has 0 bridgehead atoms. The quantitative estimate of drug-likeness (QED) is 0.277. The Morgan fingerprint density at radius 1 is 1.02 bits per heavy atom. The Balaban J connectivity index is 1.50. The largest absolute Gasteiger partial charge is 0.480 e. The first-order valence-electron chi connectivity index (χ1n) is 13.1. The Bertz CT molecular complexity index is 2060. The van der Waals surface area contributed by atoms with Gasteiger partial charge in [-0.25, -0.2) is 9.38 Å². The van der Waals surface area contributed by atoms with E-state index in [1.807, 2.05) is 54.6 Å². The Morgan fingerprint density at radius 3 is 2.67 bits per heavy atom. The van der Waals surface area contributed by atoms with E-state index in [1.165, 1.54) is 29.0 Å². The van der Waals surface area contributed by atoms with Crippen LogP contribution < -0.4 is 19.6 Å². The molecule has 0 N–H and O–H groups in total. The molecular weight excluding hydrogens is 519 g/mol. The van der Waals surface area contributed by atoms with Gasteiger partial charge in [-0.15, -0.1) is 6.42 Å². The van der Waals surface area contributed by atoms with Crippen molar-refractivity contribution >= 4 is 33.9 Å². The highest BCUT2D eigenvalue weighted by Gasteiger charge is 2.32. The average molecular weight is 543 g/mol. The van der Waals surface area contributed by atoms with E-state index in [0.717, 1.165) is 51.6 Å². The van der Waals surface area contributed by atoms with E-state index in [-0.39, 0.29) is 24.0 Å². The zero-order chi connectivity index (χ0) is 27.2. The van der Waals surface area contributed by atoms with Crippen molar-refractivity contribution in [3.63, 3.8) is 0 Å². The molecule has 7 rings (SSSR count). The summed E-state index contributed by atoms with van der Waals surface area (Å²) in [6.07, 6.45) is 8.99. The molecule has 194 valence electrons. The van der Waals surface area contributed by atoms with Crippen LogP contribution in [0.15, 0.2) is 100 Å². The second-order valence-corrected chi connectivity index (χ2v) is 10.9. The lowest BCUT2D eigenvalue weighted by Gasteiger charge is -2.30. The van der Waals surface area contributed by atoms with E-state index in [1.54, 1.807) is 16.7 Å². The number of ether oxygens (including phenoxy) is 1. The fraction of sp³-hybridized carbons (Fsp3) is 0.118. The maximum atomic E-state index is 14.2. The number of nitrogens with zero attached hydrogens (tertiary/aromatic N) is 2. The maximum absolute atomic E-state index is 14.2. The van der Waals surface area contributed by atoms with E-state index in [2.05, 4.69) is 18.1 Å². The number of benzene rings is 4. The first-order chi connectivity index (χ1) is 19.6. The molecule has 4 nitrogen and oxygen atoms in total. The molecule has 1 atom stereocenters. The summed E-state index contributed by atoms with van der Waals surface area (Å²) in [6.45, 7) is 0.122. The number of fused-ring (bicyclic) bond motifs is 4. The predicted octanol–water partition coefficient (Wildman–Crippen LogP) is 5.62. The van der Waals surface area contributed by atoms with Gasteiger partial charge in [-0.2, -0.15) is 0 Å². The molecular formula is C34H23FN2O2S.